The van der Waals surface area contributed by atoms with Crippen LogP contribution in [0.15, 0.2) is 29.8 Å². The number of nitrogens with one attached hydrogen (secondary N) is 1. The van der Waals surface area contributed by atoms with Crippen molar-refractivity contribution >= 4 is 17.5 Å². The van der Waals surface area contributed by atoms with E-state index in [1.165, 1.54) is 5.57 Å². The molecule has 0 aliphatic heterocycles. The van der Waals surface area contributed by atoms with Crippen molar-refractivity contribution in [2.75, 3.05) is 5.32 Å². The van der Waals surface area contributed by atoms with Gasteiger partial charge in [0.1, 0.15) is 0 Å². The molecule has 4 heteroatoms. The number of carbonyl (C=O) groups excluding carboxylic acids is 2. The van der Waals surface area contributed by atoms with Crippen molar-refractivity contribution in [3.63, 3.8) is 0 Å². The lowest BCUT2D eigenvalue weighted by molar-refractivity contribution is -0.118. The number of hydrogen-bond donors (Lipinski definition) is 2. The zero-order valence-corrected chi connectivity index (χ0v) is 13.9. The molecular formula is C18H24N2O2. The highest BCUT2D eigenvalue weighted by molar-refractivity contribution is 6.05. The van der Waals surface area contributed by atoms with Gasteiger partial charge in [0.15, 0.2) is 0 Å². The van der Waals surface area contributed by atoms with Gasteiger partial charge in [-0.1, -0.05) is 37.6 Å². The summed E-state index contributed by atoms with van der Waals surface area (Å²) in [6, 6.07) is 5.34. The van der Waals surface area contributed by atoms with E-state index in [4.69, 9.17) is 5.73 Å². The summed E-state index contributed by atoms with van der Waals surface area (Å²) in [7, 11) is 0. The summed E-state index contributed by atoms with van der Waals surface area (Å²) in [6.07, 6.45) is 2.15. The Morgan fingerprint density at radius 1 is 1.27 bits per heavy atom. The van der Waals surface area contributed by atoms with Crippen LogP contribution < -0.4 is 11.1 Å². The summed E-state index contributed by atoms with van der Waals surface area (Å²) < 4.78 is 0. The van der Waals surface area contributed by atoms with Gasteiger partial charge >= 0.3 is 0 Å². The molecule has 2 amide bonds. The molecule has 1 fully saturated rings. The molecule has 0 heterocycles. The average molecular weight is 300 g/mol. The summed E-state index contributed by atoms with van der Waals surface area (Å²) in [5.41, 5.74) is 8.23. The van der Waals surface area contributed by atoms with Crippen LogP contribution in [0.1, 0.15) is 43.6 Å². The predicted molar refractivity (Wildman–Crippen MR) is 88.5 cm³/mol. The molecule has 2 atom stereocenters. The highest BCUT2D eigenvalue weighted by atomic mass is 16.2. The molecule has 118 valence electrons. The molecule has 22 heavy (non-hydrogen) atoms. The minimum atomic E-state index is -0.524. The molecule has 0 aromatic heterocycles. The fraction of sp³-hybridized carbons (Fsp3) is 0.444. The zero-order chi connectivity index (χ0) is 16.7. The summed E-state index contributed by atoms with van der Waals surface area (Å²) in [5, 5.41) is 2.88. The lowest BCUT2D eigenvalue weighted by Crippen LogP contribution is -2.21. The van der Waals surface area contributed by atoms with Crippen LogP contribution in [0.3, 0.4) is 0 Å². The number of allylic oxidation sites excluding steroid dienone is 2. The van der Waals surface area contributed by atoms with Crippen molar-refractivity contribution in [3.8, 4) is 0 Å². The fourth-order valence-electron chi connectivity index (χ4n) is 3.16. The molecule has 3 N–H and O–H groups in total. The van der Waals surface area contributed by atoms with Gasteiger partial charge in [-0.05, 0) is 43.7 Å². The Morgan fingerprint density at radius 2 is 1.91 bits per heavy atom. The Balaban J connectivity index is 2.23. The van der Waals surface area contributed by atoms with Gasteiger partial charge in [0.25, 0.3) is 5.91 Å². The molecule has 1 aliphatic carbocycles. The first-order valence-electron chi connectivity index (χ1n) is 7.51. The highest BCUT2D eigenvalue weighted by Crippen LogP contribution is 2.59. The molecular weight excluding hydrogens is 276 g/mol. The van der Waals surface area contributed by atoms with E-state index < -0.39 is 5.91 Å². The number of benzene rings is 1. The van der Waals surface area contributed by atoms with Gasteiger partial charge in [-0.2, -0.15) is 0 Å². The summed E-state index contributed by atoms with van der Waals surface area (Å²) in [5.74, 6) is -0.423. The van der Waals surface area contributed by atoms with Crippen molar-refractivity contribution in [1.82, 2.24) is 0 Å². The van der Waals surface area contributed by atoms with Crippen LogP contribution in [0, 0.1) is 24.2 Å². The van der Waals surface area contributed by atoms with E-state index >= 15 is 0 Å². The third-order valence-electron chi connectivity index (χ3n) is 4.48. The van der Waals surface area contributed by atoms with Crippen molar-refractivity contribution in [2.45, 2.75) is 34.6 Å². The fourth-order valence-corrected chi connectivity index (χ4v) is 3.16. The second-order valence-corrected chi connectivity index (χ2v) is 6.92. The smallest absolute Gasteiger partial charge is 0.251 e. The Morgan fingerprint density at radius 3 is 2.45 bits per heavy atom. The standard InChI is InChI=1S/C18H24N2O2/c1-10(2)9-12-15(18(12,4)5)17(22)20-13-8-6-7-11(3)14(13)16(19)21/h6-9,12,15H,1-5H3,(H2,19,21)(H,20,22). The first-order valence-corrected chi connectivity index (χ1v) is 7.51. The Kier molecular flexibility index (Phi) is 4.14. The molecule has 0 bridgehead atoms. The second-order valence-electron chi connectivity index (χ2n) is 6.92. The zero-order valence-electron chi connectivity index (χ0n) is 13.9. The van der Waals surface area contributed by atoms with Gasteiger partial charge in [0, 0.05) is 0 Å². The second kappa shape index (κ2) is 5.59. The molecule has 0 spiro atoms. The minimum Gasteiger partial charge on any atom is -0.366 e. The molecule has 4 nitrogen and oxygen atoms in total. The first kappa shape index (κ1) is 16.3. The Bertz CT molecular complexity index is 655. The van der Waals surface area contributed by atoms with E-state index in [0.717, 1.165) is 5.56 Å². The molecule has 1 aliphatic rings. The maximum absolute atomic E-state index is 12.6. The topological polar surface area (TPSA) is 72.2 Å². The summed E-state index contributed by atoms with van der Waals surface area (Å²) in [6.45, 7) is 10.1. The highest BCUT2D eigenvalue weighted by Gasteiger charge is 2.60. The van der Waals surface area contributed by atoms with Crippen molar-refractivity contribution < 1.29 is 9.59 Å². The number of anilines is 1. The van der Waals surface area contributed by atoms with Crippen molar-refractivity contribution in [1.29, 1.82) is 0 Å². The number of primary amides is 1. The van der Waals surface area contributed by atoms with E-state index in [1.54, 1.807) is 6.07 Å². The molecule has 0 radical (unpaired) electrons. The minimum absolute atomic E-state index is 0.0550. The monoisotopic (exact) mass is 300 g/mol. The molecule has 1 aromatic carbocycles. The summed E-state index contributed by atoms with van der Waals surface area (Å²) >= 11 is 0. The lowest BCUT2D eigenvalue weighted by atomic mass is 10.1. The third-order valence-corrected chi connectivity index (χ3v) is 4.48. The Labute approximate surface area is 131 Å². The number of aryl methyl sites for hydroxylation is 1. The van der Waals surface area contributed by atoms with E-state index in [9.17, 15) is 9.59 Å². The van der Waals surface area contributed by atoms with Crippen molar-refractivity contribution in [3.05, 3.63) is 41.0 Å². The number of rotatable bonds is 4. The van der Waals surface area contributed by atoms with Gasteiger partial charge < -0.3 is 11.1 Å². The third kappa shape index (κ3) is 2.91. The lowest BCUT2D eigenvalue weighted by Gasteiger charge is -2.11. The largest absolute Gasteiger partial charge is 0.366 e. The number of amides is 2. The number of carbonyl (C=O) groups is 2. The van der Waals surface area contributed by atoms with Gasteiger partial charge in [0.2, 0.25) is 5.91 Å². The Hall–Kier alpha value is -2.10. The predicted octanol–water partition coefficient (Wildman–Crippen LogP) is 3.27. The van der Waals surface area contributed by atoms with Gasteiger partial charge in [-0.25, -0.2) is 0 Å². The maximum atomic E-state index is 12.6. The average Bonchev–Trinajstić information content (AvgIpc) is 2.89. The van der Waals surface area contributed by atoms with E-state index in [1.807, 2.05) is 32.9 Å². The quantitative estimate of drug-likeness (QED) is 0.838. The van der Waals surface area contributed by atoms with Crippen LogP contribution in [0.4, 0.5) is 5.69 Å². The van der Waals surface area contributed by atoms with Gasteiger partial charge in [-0.15, -0.1) is 0 Å². The maximum Gasteiger partial charge on any atom is 0.251 e. The van der Waals surface area contributed by atoms with Crippen LogP contribution in [-0.4, -0.2) is 11.8 Å². The van der Waals surface area contributed by atoms with Crippen LogP contribution in [0.25, 0.3) is 0 Å². The van der Waals surface area contributed by atoms with Crippen LogP contribution in [0.2, 0.25) is 0 Å². The van der Waals surface area contributed by atoms with Gasteiger partial charge in [0.05, 0.1) is 17.2 Å². The van der Waals surface area contributed by atoms with Gasteiger partial charge in [-0.3, -0.25) is 9.59 Å². The molecule has 0 saturated heterocycles. The van der Waals surface area contributed by atoms with E-state index in [0.29, 0.717) is 11.3 Å². The van der Waals surface area contributed by atoms with E-state index in [2.05, 4.69) is 25.2 Å². The SMILES string of the molecule is CC(C)=CC1C(C(=O)Nc2cccc(C)c2C(N)=O)C1(C)C. The molecule has 1 saturated carbocycles. The molecule has 2 unspecified atom stereocenters. The first-order chi connectivity index (χ1) is 10.2. The normalized spacial score (nSPS) is 21.9. The van der Waals surface area contributed by atoms with Crippen LogP contribution in [0.5, 0.6) is 0 Å². The van der Waals surface area contributed by atoms with Crippen LogP contribution in [-0.2, 0) is 4.79 Å². The number of nitrogens with two attached hydrogens (primary N) is 1. The van der Waals surface area contributed by atoms with Crippen LogP contribution >= 0.6 is 0 Å². The summed E-state index contributed by atoms with van der Waals surface area (Å²) in [4.78, 5) is 24.2. The van der Waals surface area contributed by atoms with Crippen molar-refractivity contribution in [2.24, 2.45) is 23.0 Å². The number of hydrogen-bond acceptors (Lipinski definition) is 2. The van der Waals surface area contributed by atoms with E-state index in [-0.39, 0.29) is 23.2 Å². The molecule has 2 rings (SSSR count). The molecule has 1 aromatic rings.